The fourth-order valence-corrected chi connectivity index (χ4v) is 2.18. The minimum absolute atomic E-state index is 0.0978. The molecule has 0 saturated carbocycles. The van der Waals surface area contributed by atoms with Gasteiger partial charge in [0.2, 0.25) is 5.91 Å². The first-order valence-electron chi connectivity index (χ1n) is 6.06. The van der Waals surface area contributed by atoms with Crippen molar-refractivity contribution in [2.24, 2.45) is 0 Å². The molecule has 19 heavy (non-hydrogen) atoms. The topological polar surface area (TPSA) is 56.2 Å². The molecule has 2 N–H and O–H groups in total. The normalized spacial score (nSPS) is 13.7. The first-order chi connectivity index (χ1) is 9.25. The zero-order valence-electron chi connectivity index (χ0n) is 10.3. The second-order valence-electron chi connectivity index (χ2n) is 4.37. The van der Waals surface area contributed by atoms with Gasteiger partial charge in [-0.1, -0.05) is 42.5 Å². The molecule has 0 radical (unpaired) electrons. The van der Waals surface area contributed by atoms with Gasteiger partial charge in [0.25, 0.3) is 0 Å². The van der Waals surface area contributed by atoms with Crippen LogP contribution in [0.1, 0.15) is 5.56 Å². The van der Waals surface area contributed by atoms with Crippen molar-refractivity contribution in [3.8, 4) is 0 Å². The molecule has 0 aromatic heterocycles. The van der Waals surface area contributed by atoms with Gasteiger partial charge in [-0.25, -0.2) is 0 Å². The predicted molar refractivity (Wildman–Crippen MR) is 75.7 cm³/mol. The number of amidine groups is 1. The molecule has 1 aliphatic rings. The summed E-state index contributed by atoms with van der Waals surface area (Å²) in [6.45, 7) is 0.171. The molecule has 2 aromatic rings. The minimum Gasteiger partial charge on any atom is -0.323 e. The molecule has 1 amide bonds. The smallest absolute Gasteiger partial charge is 0.244 e. The lowest BCUT2D eigenvalue weighted by Crippen LogP contribution is -2.42. The lowest BCUT2D eigenvalue weighted by Gasteiger charge is -2.31. The Hall–Kier alpha value is -2.62. The van der Waals surface area contributed by atoms with E-state index in [1.54, 1.807) is 4.90 Å². The van der Waals surface area contributed by atoms with Gasteiger partial charge in [-0.3, -0.25) is 10.2 Å². The summed E-state index contributed by atoms with van der Waals surface area (Å²) >= 11 is 0. The number of hydrogen-bond donors (Lipinski definition) is 2. The number of carbonyl (C=O) groups is 1. The summed E-state index contributed by atoms with van der Waals surface area (Å²) in [7, 11) is 0. The van der Waals surface area contributed by atoms with Crippen molar-refractivity contribution in [1.82, 2.24) is 0 Å². The van der Waals surface area contributed by atoms with Gasteiger partial charge in [-0.05, 0) is 12.1 Å². The summed E-state index contributed by atoms with van der Waals surface area (Å²) in [5.41, 5.74) is 2.40. The van der Waals surface area contributed by atoms with E-state index in [0.29, 0.717) is 5.84 Å². The first kappa shape index (κ1) is 11.5. The molecule has 0 unspecified atom stereocenters. The van der Waals surface area contributed by atoms with E-state index in [1.807, 2.05) is 54.6 Å². The molecule has 3 rings (SSSR count). The monoisotopic (exact) mass is 251 g/mol. The number of rotatable bonds is 1. The minimum atomic E-state index is -0.0978. The van der Waals surface area contributed by atoms with Crippen LogP contribution in [0.3, 0.4) is 0 Å². The molecule has 4 nitrogen and oxygen atoms in total. The average molecular weight is 251 g/mol. The van der Waals surface area contributed by atoms with Crippen LogP contribution in [0.15, 0.2) is 54.6 Å². The highest BCUT2D eigenvalue weighted by atomic mass is 16.2. The number of benzene rings is 2. The zero-order valence-corrected chi connectivity index (χ0v) is 10.3. The quantitative estimate of drug-likeness (QED) is 0.604. The maximum absolute atomic E-state index is 11.7. The molecular weight excluding hydrogens is 238 g/mol. The van der Waals surface area contributed by atoms with Crippen LogP contribution in [-0.4, -0.2) is 18.3 Å². The van der Waals surface area contributed by atoms with Crippen LogP contribution in [-0.2, 0) is 4.79 Å². The van der Waals surface area contributed by atoms with Crippen LogP contribution in [0.25, 0.3) is 0 Å². The summed E-state index contributed by atoms with van der Waals surface area (Å²) in [5.74, 6) is 0.238. The summed E-state index contributed by atoms with van der Waals surface area (Å²) in [6.07, 6.45) is 0. The molecule has 4 heteroatoms. The molecule has 0 fully saturated rings. The third kappa shape index (κ3) is 2.08. The van der Waals surface area contributed by atoms with Crippen LogP contribution < -0.4 is 10.2 Å². The molecule has 94 valence electrons. The van der Waals surface area contributed by atoms with Gasteiger partial charge in [0.05, 0.1) is 11.4 Å². The molecule has 1 heterocycles. The van der Waals surface area contributed by atoms with Crippen LogP contribution >= 0.6 is 0 Å². The van der Waals surface area contributed by atoms with Gasteiger partial charge in [-0.2, -0.15) is 0 Å². The molecule has 0 spiro atoms. The van der Waals surface area contributed by atoms with Crippen molar-refractivity contribution in [1.29, 1.82) is 5.41 Å². The maximum Gasteiger partial charge on any atom is 0.244 e. The largest absolute Gasteiger partial charge is 0.323 e. The van der Waals surface area contributed by atoms with Gasteiger partial charge in [0.15, 0.2) is 0 Å². The zero-order chi connectivity index (χ0) is 13.2. The van der Waals surface area contributed by atoms with E-state index in [1.165, 1.54) is 0 Å². The Morgan fingerprint density at radius 3 is 2.53 bits per heavy atom. The van der Waals surface area contributed by atoms with Crippen LogP contribution in [0.5, 0.6) is 0 Å². The average Bonchev–Trinajstić information content (AvgIpc) is 2.46. The third-order valence-corrected chi connectivity index (χ3v) is 3.09. The Morgan fingerprint density at radius 1 is 1.05 bits per heavy atom. The van der Waals surface area contributed by atoms with E-state index in [9.17, 15) is 4.79 Å². The summed E-state index contributed by atoms with van der Waals surface area (Å²) in [4.78, 5) is 13.4. The van der Waals surface area contributed by atoms with E-state index in [4.69, 9.17) is 5.41 Å². The highest BCUT2D eigenvalue weighted by molar-refractivity contribution is 6.16. The van der Waals surface area contributed by atoms with E-state index in [2.05, 4.69) is 5.32 Å². The Morgan fingerprint density at radius 2 is 1.74 bits per heavy atom. The SMILES string of the molecule is N=C(c1ccccc1)N1CC(=O)Nc2ccccc21. The highest BCUT2D eigenvalue weighted by Crippen LogP contribution is 2.29. The molecule has 2 aromatic carbocycles. The molecular formula is C15H13N3O. The number of hydrogen-bond acceptors (Lipinski definition) is 2. The van der Waals surface area contributed by atoms with Gasteiger partial charge in [-0.15, -0.1) is 0 Å². The summed E-state index contributed by atoms with van der Waals surface area (Å²) in [6, 6.07) is 17.0. The van der Waals surface area contributed by atoms with E-state index >= 15 is 0 Å². The lowest BCUT2D eigenvalue weighted by atomic mass is 10.1. The van der Waals surface area contributed by atoms with Crippen molar-refractivity contribution in [2.75, 3.05) is 16.8 Å². The Bertz CT molecular complexity index is 637. The lowest BCUT2D eigenvalue weighted by molar-refractivity contribution is -0.115. The molecule has 1 aliphatic heterocycles. The van der Waals surface area contributed by atoms with E-state index in [0.717, 1.165) is 16.9 Å². The Kier molecular flexibility index (Phi) is 2.76. The van der Waals surface area contributed by atoms with E-state index in [-0.39, 0.29) is 12.5 Å². The maximum atomic E-state index is 11.7. The van der Waals surface area contributed by atoms with Crippen molar-refractivity contribution < 1.29 is 4.79 Å². The van der Waals surface area contributed by atoms with Gasteiger partial charge < -0.3 is 10.2 Å². The van der Waals surface area contributed by atoms with Crippen LogP contribution in [0, 0.1) is 5.41 Å². The third-order valence-electron chi connectivity index (χ3n) is 3.09. The Balaban J connectivity index is 2.02. The van der Waals surface area contributed by atoms with Crippen molar-refractivity contribution >= 4 is 23.1 Å². The standard InChI is InChI=1S/C15H13N3O/c16-15(11-6-2-1-3-7-11)18-10-14(19)17-12-8-4-5-9-13(12)18/h1-9,16H,10H2,(H,17,19). The second kappa shape index (κ2) is 4.57. The van der Waals surface area contributed by atoms with Crippen molar-refractivity contribution in [2.45, 2.75) is 0 Å². The van der Waals surface area contributed by atoms with Gasteiger partial charge in [0.1, 0.15) is 12.4 Å². The van der Waals surface area contributed by atoms with Crippen molar-refractivity contribution in [3.05, 3.63) is 60.2 Å². The fraction of sp³-hybridized carbons (Fsp3) is 0.0667. The van der Waals surface area contributed by atoms with Crippen LogP contribution in [0.2, 0.25) is 0 Å². The van der Waals surface area contributed by atoms with Gasteiger partial charge >= 0.3 is 0 Å². The molecule has 0 aliphatic carbocycles. The number of nitrogens with zero attached hydrogens (tertiary/aromatic N) is 1. The van der Waals surface area contributed by atoms with Gasteiger partial charge in [0, 0.05) is 5.56 Å². The first-order valence-corrected chi connectivity index (χ1v) is 6.06. The van der Waals surface area contributed by atoms with Crippen molar-refractivity contribution in [3.63, 3.8) is 0 Å². The summed E-state index contributed by atoms with van der Waals surface area (Å²) in [5, 5.41) is 11.1. The Labute approximate surface area is 111 Å². The van der Waals surface area contributed by atoms with E-state index < -0.39 is 0 Å². The predicted octanol–water partition coefficient (Wildman–Crippen LogP) is 2.47. The second-order valence-corrected chi connectivity index (χ2v) is 4.37. The number of carbonyl (C=O) groups excluding carboxylic acids is 1. The fourth-order valence-electron chi connectivity index (χ4n) is 2.18. The highest BCUT2D eigenvalue weighted by Gasteiger charge is 2.24. The molecule has 0 atom stereocenters. The number of anilines is 2. The number of amides is 1. The number of fused-ring (bicyclic) bond motifs is 1. The summed E-state index contributed by atoms with van der Waals surface area (Å²) < 4.78 is 0. The molecule has 0 bridgehead atoms. The molecule has 0 saturated heterocycles. The number of nitrogens with one attached hydrogen (secondary N) is 2. The number of para-hydroxylation sites is 2. The van der Waals surface area contributed by atoms with Crippen LogP contribution in [0.4, 0.5) is 11.4 Å².